The van der Waals surface area contributed by atoms with Crippen molar-refractivity contribution in [3.8, 4) is 22.6 Å². The van der Waals surface area contributed by atoms with Crippen LogP contribution in [0.4, 0.5) is 13.2 Å². The molecule has 0 saturated carbocycles. The molecule has 134 valence electrons. The fraction of sp³-hybridized carbons (Fsp3) is 0.235. The molecular weight excluding hydrogens is 339 g/mol. The number of aliphatic carboxylic acids is 1. The Hall–Kier alpha value is -2.74. The van der Waals surface area contributed by atoms with Crippen LogP contribution in [0.5, 0.6) is 11.5 Å². The number of methoxy groups -OCH3 is 1. The Balaban J connectivity index is 2.41. The predicted octanol–water partition coefficient (Wildman–Crippen LogP) is 3.74. The fourth-order valence-electron chi connectivity index (χ4n) is 2.30. The van der Waals surface area contributed by atoms with Gasteiger partial charge < -0.3 is 20.3 Å². The third-order valence-corrected chi connectivity index (χ3v) is 3.39. The largest absolute Gasteiger partial charge is 0.573 e. The van der Waals surface area contributed by atoms with Crippen molar-refractivity contribution in [3.63, 3.8) is 0 Å². The van der Waals surface area contributed by atoms with Crippen LogP contribution < -0.4 is 15.2 Å². The molecule has 2 rings (SSSR count). The van der Waals surface area contributed by atoms with Gasteiger partial charge in [-0.05, 0) is 47.0 Å². The Labute approximate surface area is 141 Å². The number of alkyl halides is 3. The van der Waals surface area contributed by atoms with E-state index in [-0.39, 0.29) is 12.2 Å². The molecule has 0 aliphatic carbocycles. The van der Waals surface area contributed by atoms with Crippen molar-refractivity contribution in [1.82, 2.24) is 0 Å². The van der Waals surface area contributed by atoms with E-state index in [0.717, 1.165) is 0 Å². The molecule has 25 heavy (non-hydrogen) atoms. The second-order valence-electron chi connectivity index (χ2n) is 5.27. The van der Waals surface area contributed by atoms with Crippen molar-refractivity contribution in [3.05, 3.63) is 48.0 Å². The van der Waals surface area contributed by atoms with Gasteiger partial charge in [0.2, 0.25) is 0 Å². The zero-order valence-electron chi connectivity index (χ0n) is 13.2. The van der Waals surface area contributed by atoms with Gasteiger partial charge in [-0.1, -0.05) is 12.1 Å². The van der Waals surface area contributed by atoms with E-state index >= 15 is 0 Å². The maximum Gasteiger partial charge on any atom is 0.573 e. The number of benzene rings is 2. The highest BCUT2D eigenvalue weighted by Crippen LogP contribution is 2.32. The van der Waals surface area contributed by atoms with Crippen LogP contribution in [0.3, 0.4) is 0 Å². The molecule has 1 atom stereocenters. The molecule has 0 unspecified atom stereocenters. The first-order chi connectivity index (χ1) is 11.7. The van der Waals surface area contributed by atoms with Crippen LogP contribution in [0.25, 0.3) is 11.1 Å². The Kier molecular flexibility index (Phi) is 5.53. The topological polar surface area (TPSA) is 81.8 Å². The molecule has 0 radical (unpaired) electrons. The Bertz CT molecular complexity index is 762. The van der Waals surface area contributed by atoms with Crippen molar-refractivity contribution in [1.29, 1.82) is 0 Å². The average molecular weight is 355 g/mol. The van der Waals surface area contributed by atoms with Crippen molar-refractivity contribution < 1.29 is 32.5 Å². The summed E-state index contributed by atoms with van der Waals surface area (Å²) in [5.74, 6) is -1.00. The minimum Gasteiger partial charge on any atom is -0.497 e. The van der Waals surface area contributed by atoms with Crippen LogP contribution >= 0.6 is 0 Å². The molecule has 0 saturated heterocycles. The van der Waals surface area contributed by atoms with Crippen molar-refractivity contribution in [2.45, 2.75) is 18.8 Å². The standard InChI is InChI=1S/C17H16F3NO4/c1-24-14-7-11(5-12(8-14)15(21)9-16(22)23)10-3-2-4-13(6-10)25-17(18,19)20/h2-8,15H,9,21H2,1H3,(H,22,23)/t15-/m0/s1. The fourth-order valence-corrected chi connectivity index (χ4v) is 2.30. The van der Waals surface area contributed by atoms with E-state index < -0.39 is 18.4 Å². The summed E-state index contributed by atoms with van der Waals surface area (Å²) in [5, 5.41) is 8.87. The van der Waals surface area contributed by atoms with Gasteiger partial charge in [0.15, 0.2) is 0 Å². The summed E-state index contributed by atoms with van der Waals surface area (Å²) < 4.78 is 46.2. The summed E-state index contributed by atoms with van der Waals surface area (Å²) in [6.07, 6.45) is -5.08. The highest BCUT2D eigenvalue weighted by atomic mass is 19.4. The van der Waals surface area contributed by atoms with Crippen molar-refractivity contribution in [2.24, 2.45) is 5.73 Å². The van der Waals surface area contributed by atoms with E-state index in [1.807, 2.05) is 0 Å². The Morgan fingerprint density at radius 2 is 1.84 bits per heavy atom. The maximum absolute atomic E-state index is 12.4. The van der Waals surface area contributed by atoms with Gasteiger partial charge in [-0.15, -0.1) is 13.2 Å². The molecule has 3 N–H and O–H groups in total. The Morgan fingerprint density at radius 1 is 1.16 bits per heavy atom. The lowest BCUT2D eigenvalue weighted by atomic mass is 9.97. The molecule has 0 fully saturated rings. The molecule has 2 aromatic rings. The zero-order chi connectivity index (χ0) is 18.6. The number of ether oxygens (including phenoxy) is 2. The van der Waals surface area contributed by atoms with E-state index in [0.29, 0.717) is 22.4 Å². The summed E-state index contributed by atoms with van der Waals surface area (Å²) in [4.78, 5) is 10.8. The van der Waals surface area contributed by atoms with E-state index in [1.165, 1.54) is 25.3 Å². The highest BCUT2D eigenvalue weighted by molar-refractivity contribution is 5.70. The van der Waals surface area contributed by atoms with E-state index in [1.54, 1.807) is 24.3 Å². The van der Waals surface area contributed by atoms with Crippen LogP contribution in [0.2, 0.25) is 0 Å². The third-order valence-electron chi connectivity index (χ3n) is 3.39. The minimum absolute atomic E-state index is 0.288. The molecule has 0 aliphatic heterocycles. The molecule has 0 amide bonds. The SMILES string of the molecule is COc1cc(-c2cccc(OC(F)(F)F)c2)cc([C@@H](N)CC(=O)O)c1. The van der Waals surface area contributed by atoms with Gasteiger partial charge in [0.05, 0.1) is 13.5 Å². The molecule has 0 aliphatic rings. The van der Waals surface area contributed by atoms with Gasteiger partial charge in [-0.25, -0.2) is 0 Å². The first-order valence-corrected chi connectivity index (χ1v) is 7.20. The number of nitrogens with two attached hydrogens (primary N) is 1. The lowest BCUT2D eigenvalue weighted by Crippen LogP contribution is -2.17. The minimum atomic E-state index is -4.79. The first kappa shape index (κ1) is 18.6. The molecule has 0 heterocycles. The van der Waals surface area contributed by atoms with Crippen LogP contribution in [0, 0.1) is 0 Å². The number of hydrogen-bond donors (Lipinski definition) is 2. The first-order valence-electron chi connectivity index (χ1n) is 7.20. The average Bonchev–Trinajstić information content (AvgIpc) is 2.52. The van der Waals surface area contributed by atoms with Crippen LogP contribution in [-0.4, -0.2) is 24.5 Å². The monoisotopic (exact) mass is 355 g/mol. The zero-order valence-corrected chi connectivity index (χ0v) is 13.2. The number of carbonyl (C=O) groups is 1. The molecule has 2 aromatic carbocycles. The molecule has 0 aromatic heterocycles. The smallest absolute Gasteiger partial charge is 0.497 e. The van der Waals surface area contributed by atoms with Crippen molar-refractivity contribution >= 4 is 5.97 Å². The summed E-state index contributed by atoms with van der Waals surface area (Å²) in [6.45, 7) is 0. The number of hydrogen-bond acceptors (Lipinski definition) is 4. The highest BCUT2D eigenvalue weighted by Gasteiger charge is 2.31. The summed E-state index contributed by atoms with van der Waals surface area (Å²) >= 11 is 0. The van der Waals surface area contributed by atoms with E-state index in [2.05, 4.69) is 4.74 Å². The molecule has 0 bridgehead atoms. The normalized spacial score (nSPS) is 12.5. The summed E-state index contributed by atoms with van der Waals surface area (Å²) in [5.41, 5.74) is 7.35. The number of carboxylic acid groups (broad SMARTS) is 1. The molecule has 8 heteroatoms. The van der Waals surface area contributed by atoms with Crippen LogP contribution in [-0.2, 0) is 4.79 Å². The maximum atomic E-state index is 12.4. The molecular formula is C17H16F3NO4. The van der Waals surface area contributed by atoms with Crippen molar-refractivity contribution in [2.75, 3.05) is 7.11 Å². The van der Waals surface area contributed by atoms with Gasteiger partial charge in [-0.3, -0.25) is 4.79 Å². The summed E-state index contributed by atoms with van der Waals surface area (Å²) in [6, 6.07) is 9.49. The second kappa shape index (κ2) is 7.43. The predicted molar refractivity (Wildman–Crippen MR) is 84.3 cm³/mol. The van der Waals surface area contributed by atoms with E-state index in [4.69, 9.17) is 15.6 Å². The quantitative estimate of drug-likeness (QED) is 0.825. The lowest BCUT2D eigenvalue weighted by Gasteiger charge is -2.15. The second-order valence-corrected chi connectivity index (χ2v) is 5.27. The van der Waals surface area contributed by atoms with Gasteiger partial charge in [-0.2, -0.15) is 0 Å². The Morgan fingerprint density at radius 3 is 2.44 bits per heavy atom. The van der Waals surface area contributed by atoms with E-state index in [9.17, 15) is 18.0 Å². The molecule has 0 spiro atoms. The van der Waals surface area contributed by atoms with Crippen LogP contribution in [0.1, 0.15) is 18.0 Å². The van der Waals surface area contributed by atoms with Gasteiger partial charge >= 0.3 is 12.3 Å². The van der Waals surface area contributed by atoms with Crippen LogP contribution in [0.15, 0.2) is 42.5 Å². The molecule has 5 nitrogen and oxygen atoms in total. The van der Waals surface area contributed by atoms with Gasteiger partial charge in [0.1, 0.15) is 11.5 Å². The van der Waals surface area contributed by atoms with Gasteiger partial charge in [0, 0.05) is 6.04 Å². The third kappa shape index (κ3) is 5.39. The number of carboxylic acids is 1. The number of halogens is 3. The number of rotatable bonds is 6. The van der Waals surface area contributed by atoms with Gasteiger partial charge in [0.25, 0.3) is 0 Å². The summed E-state index contributed by atoms with van der Waals surface area (Å²) in [7, 11) is 1.43. The lowest BCUT2D eigenvalue weighted by molar-refractivity contribution is -0.274.